The Morgan fingerprint density at radius 1 is 1.00 bits per heavy atom. The zero-order chi connectivity index (χ0) is 44.3. The minimum Gasteiger partial charge on any atom is -0.393 e. The molecular formula is C47H56Cl2N8O4S. The molecule has 1 N–H and O–H groups in total. The van der Waals surface area contributed by atoms with Gasteiger partial charge in [-0.25, -0.2) is 0 Å². The fraction of sp³-hybridized carbons (Fsp3) is 0.447. The first-order chi connectivity index (χ1) is 29.6. The number of thiophene rings is 1. The van der Waals surface area contributed by atoms with Crippen molar-refractivity contribution in [1.82, 2.24) is 29.5 Å². The lowest BCUT2D eigenvalue weighted by molar-refractivity contribution is -0.123. The van der Waals surface area contributed by atoms with Gasteiger partial charge in [0, 0.05) is 66.9 Å². The lowest BCUT2D eigenvalue weighted by atomic mass is 9.99. The van der Waals surface area contributed by atoms with Gasteiger partial charge in [0.25, 0.3) is 0 Å². The van der Waals surface area contributed by atoms with Crippen molar-refractivity contribution >= 4 is 58.2 Å². The van der Waals surface area contributed by atoms with E-state index in [0.29, 0.717) is 35.4 Å². The van der Waals surface area contributed by atoms with Gasteiger partial charge >= 0.3 is 0 Å². The zero-order valence-electron chi connectivity index (χ0n) is 36.8. The minimum absolute atomic E-state index is 0.00217. The lowest BCUT2D eigenvalue weighted by Crippen LogP contribution is -2.44. The van der Waals surface area contributed by atoms with Crippen molar-refractivity contribution < 1.29 is 19.2 Å². The summed E-state index contributed by atoms with van der Waals surface area (Å²) in [7, 11) is 0. The smallest absolute Gasteiger partial charge is 0.223 e. The first-order valence-corrected chi connectivity index (χ1v) is 22.8. The third kappa shape index (κ3) is 10.2. The molecule has 3 aromatic heterocycles. The molecule has 1 fully saturated rings. The largest absolute Gasteiger partial charge is 0.393 e. The van der Waals surface area contributed by atoms with Gasteiger partial charge in [-0.1, -0.05) is 46.9 Å². The number of oxime groups is 1. The molecule has 12 nitrogen and oxygen atoms in total. The van der Waals surface area contributed by atoms with Crippen LogP contribution in [-0.4, -0.2) is 91.8 Å². The van der Waals surface area contributed by atoms with Crippen LogP contribution in [0.25, 0.3) is 10.7 Å². The van der Waals surface area contributed by atoms with Crippen LogP contribution >= 0.6 is 34.5 Å². The zero-order valence-corrected chi connectivity index (χ0v) is 39.1. The second kappa shape index (κ2) is 19.4. The summed E-state index contributed by atoms with van der Waals surface area (Å²) in [6.45, 7) is 17.9. The van der Waals surface area contributed by atoms with Gasteiger partial charge in [-0.3, -0.25) is 24.0 Å². The Bertz CT molecular complexity index is 2470. The number of hydrogen-bond acceptors (Lipinski definition) is 10. The molecule has 3 atom stereocenters. The first-order valence-electron chi connectivity index (χ1n) is 21.3. The number of aromatic nitrogens is 4. The lowest BCUT2D eigenvalue weighted by Gasteiger charge is -2.32. The normalized spacial score (nSPS) is 17.4. The van der Waals surface area contributed by atoms with Crippen molar-refractivity contribution in [1.29, 1.82) is 0 Å². The van der Waals surface area contributed by atoms with Crippen molar-refractivity contribution in [2.75, 3.05) is 26.3 Å². The van der Waals surface area contributed by atoms with Crippen LogP contribution in [0.15, 0.2) is 64.7 Å². The average molecular weight is 900 g/mol. The molecule has 7 rings (SSSR count). The van der Waals surface area contributed by atoms with Crippen molar-refractivity contribution in [2.45, 2.75) is 111 Å². The Morgan fingerprint density at radius 3 is 2.44 bits per heavy atom. The molecule has 328 valence electrons. The molecule has 0 bridgehead atoms. The van der Waals surface area contributed by atoms with Gasteiger partial charge in [0.2, 0.25) is 5.91 Å². The van der Waals surface area contributed by atoms with E-state index in [1.54, 1.807) is 11.3 Å². The van der Waals surface area contributed by atoms with E-state index >= 15 is 0 Å². The van der Waals surface area contributed by atoms with Crippen molar-refractivity contribution in [3.8, 4) is 10.7 Å². The number of hydrogen-bond donors (Lipinski definition) is 1. The van der Waals surface area contributed by atoms with E-state index in [1.165, 1.54) is 4.88 Å². The number of halogens is 2. The highest BCUT2D eigenvalue weighted by atomic mass is 35.5. The van der Waals surface area contributed by atoms with Gasteiger partial charge in [-0.05, 0) is 129 Å². The number of fused-ring (bicyclic) bond motifs is 3. The first kappa shape index (κ1) is 45.4. The maximum atomic E-state index is 13.8. The molecule has 1 saturated heterocycles. The van der Waals surface area contributed by atoms with Crippen LogP contribution in [0.3, 0.4) is 0 Å². The second-order valence-electron chi connectivity index (χ2n) is 17.1. The van der Waals surface area contributed by atoms with Crippen LogP contribution in [0.4, 0.5) is 0 Å². The molecule has 15 heteroatoms. The highest BCUT2D eigenvalue weighted by molar-refractivity contribution is 7.15. The Balaban J connectivity index is 0.902. The molecule has 0 radical (unpaired) electrons. The fourth-order valence-electron chi connectivity index (χ4n) is 8.31. The number of rotatable bonds is 16. The van der Waals surface area contributed by atoms with Gasteiger partial charge in [-0.15, -0.1) is 21.5 Å². The number of ether oxygens (including phenoxy) is 1. The molecular weight excluding hydrogens is 844 g/mol. The number of aryl methyl sites for hydroxylation is 3. The monoisotopic (exact) mass is 898 g/mol. The molecule has 0 spiro atoms. The Morgan fingerprint density at radius 2 is 1.71 bits per heavy atom. The molecule has 62 heavy (non-hydrogen) atoms. The van der Waals surface area contributed by atoms with E-state index in [0.717, 1.165) is 81.7 Å². The van der Waals surface area contributed by atoms with Crippen LogP contribution < -0.4 is 5.32 Å². The maximum absolute atomic E-state index is 13.8. The topological polar surface area (TPSA) is 128 Å². The summed E-state index contributed by atoms with van der Waals surface area (Å²) in [5.41, 5.74) is 6.95. The summed E-state index contributed by atoms with van der Waals surface area (Å²) in [4.78, 5) is 41.7. The number of carbonyl (C=O) groups is 2. The van der Waals surface area contributed by atoms with E-state index < -0.39 is 11.6 Å². The van der Waals surface area contributed by atoms with Gasteiger partial charge < -0.3 is 19.5 Å². The molecule has 0 saturated carbocycles. The minimum atomic E-state index is -0.561. The van der Waals surface area contributed by atoms with Crippen LogP contribution in [0.2, 0.25) is 10.0 Å². The van der Waals surface area contributed by atoms with Crippen LogP contribution in [-0.2, 0) is 14.4 Å². The molecule has 1 amide bonds. The van der Waals surface area contributed by atoms with E-state index in [9.17, 15) is 9.59 Å². The van der Waals surface area contributed by atoms with E-state index in [-0.39, 0.29) is 36.9 Å². The molecule has 5 heterocycles. The fourth-order valence-corrected chi connectivity index (χ4v) is 9.77. The van der Waals surface area contributed by atoms with E-state index in [4.69, 9.17) is 37.8 Å². The summed E-state index contributed by atoms with van der Waals surface area (Å²) in [6.07, 6.45) is 5.26. The third-order valence-corrected chi connectivity index (χ3v) is 13.5. The van der Waals surface area contributed by atoms with E-state index in [2.05, 4.69) is 48.6 Å². The molecule has 5 aromatic rings. The number of Topliss-reactive ketones (excluding diaryl/α,β-unsaturated/α-hetero) is 1. The third-order valence-electron chi connectivity index (χ3n) is 11.8. The maximum Gasteiger partial charge on any atom is 0.223 e. The Labute approximate surface area is 378 Å². The summed E-state index contributed by atoms with van der Waals surface area (Å²) < 4.78 is 10.2. The quantitative estimate of drug-likeness (QED) is 0.0594. The van der Waals surface area contributed by atoms with E-state index in [1.807, 2.05) is 102 Å². The number of piperidine rings is 1. The van der Waals surface area contributed by atoms with Crippen molar-refractivity contribution in [2.24, 2.45) is 10.1 Å². The van der Waals surface area contributed by atoms with Crippen LogP contribution in [0, 0.1) is 34.6 Å². The Hall–Kier alpha value is -4.66. The second-order valence-corrected chi connectivity index (χ2v) is 19.2. The van der Waals surface area contributed by atoms with Crippen LogP contribution in [0.5, 0.6) is 0 Å². The SMILES string of the molecule is Cc1sc2c(c1C)C(c1ccc(Cl)cc1)=N[C@@H](CC(=O)NC(C)(C)CCOC(C)CO/N=C/C1CCCCN1CC(=O)c1cc(C)n(-c3ccc(Cl)cc3)c1C)c1nnc(C)n1-2. The van der Waals surface area contributed by atoms with Gasteiger partial charge in [0.15, 0.2) is 11.6 Å². The number of carbonyl (C=O) groups excluding carboxylic acids is 2. The van der Waals surface area contributed by atoms with Gasteiger partial charge in [0.05, 0.1) is 31.0 Å². The summed E-state index contributed by atoms with van der Waals surface area (Å²) in [5.74, 6) is 1.32. The predicted molar refractivity (Wildman–Crippen MR) is 248 cm³/mol. The number of nitrogens with zero attached hydrogens (tertiary/aromatic N) is 7. The van der Waals surface area contributed by atoms with Gasteiger partial charge in [0.1, 0.15) is 23.5 Å². The number of amides is 1. The van der Waals surface area contributed by atoms with Crippen molar-refractivity contribution in [3.63, 3.8) is 0 Å². The van der Waals surface area contributed by atoms with Crippen molar-refractivity contribution in [3.05, 3.63) is 115 Å². The van der Waals surface area contributed by atoms with Gasteiger partial charge in [-0.2, -0.15) is 0 Å². The number of likely N-dealkylation sites (tertiary alicyclic amines) is 1. The summed E-state index contributed by atoms with van der Waals surface area (Å²) >= 11 is 14.1. The highest BCUT2D eigenvalue weighted by Crippen LogP contribution is 2.40. The Kier molecular flexibility index (Phi) is 14.2. The molecule has 2 aromatic carbocycles. The summed E-state index contributed by atoms with van der Waals surface area (Å²) in [6, 6.07) is 16.7. The molecule has 2 aliphatic heterocycles. The number of ketones is 1. The molecule has 2 aliphatic rings. The summed E-state index contributed by atoms with van der Waals surface area (Å²) in [5, 5.41) is 18.8. The molecule has 0 aliphatic carbocycles. The number of benzene rings is 2. The standard InChI is InChI=1S/C47H56Cl2N8O4S/c1-28-23-39(31(4)56(28)37-18-16-36(49)17-19-37)41(58)26-55-21-10-9-11-38(55)25-50-61-27-29(2)60-22-20-47(7,8)52-42(59)24-40-45-54-53-33(6)57(45)46-43(30(3)32(5)62-46)44(51-40)34-12-14-35(48)15-13-34/h12-19,23,25,29,38,40H,9-11,20-22,24,26-27H2,1-8H3,(H,52,59)/b50-25+/t29?,38?,40-/m0/s1. The molecule has 2 unspecified atom stereocenters. The number of nitrogens with one attached hydrogen (secondary N) is 1. The number of aliphatic imine (C=N–C) groups is 1. The highest BCUT2D eigenvalue weighted by Gasteiger charge is 2.34. The van der Waals surface area contributed by atoms with Crippen LogP contribution in [0.1, 0.15) is 114 Å². The average Bonchev–Trinajstić information content (AvgIpc) is 3.82. The predicted octanol–water partition coefficient (Wildman–Crippen LogP) is 9.68.